The fourth-order valence-corrected chi connectivity index (χ4v) is 4.43. The second-order valence-electron chi connectivity index (χ2n) is 8.37. The van der Waals surface area contributed by atoms with Gasteiger partial charge in [-0.05, 0) is 86.4 Å². The summed E-state index contributed by atoms with van der Waals surface area (Å²) in [6.07, 6.45) is 4.94. The summed E-state index contributed by atoms with van der Waals surface area (Å²) in [5, 5.41) is 2.28. The van der Waals surface area contributed by atoms with Crippen LogP contribution < -0.4 is 10.2 Å². The van der Waals surface area contributed by atoms with Gasteiger partial charge in [-0.15, -0.1) is 0 Å². The minimum absolute atomic E-state index is 0.0855. The number of halogens is 1. The zero-order valence-electron chi connectivity index (χ0n) is 19.4. The Morgan fingerprint density at radius 1 is 0.941 bits per heavy atom. The van der Waals surface area contributed by atoms with Crippen LogP contribution in [0, 0.1) is 13.8 Å². The molecular formula is C27H26BrN3O3. The Morgan fingerprint density at radius 3 is 2.24 bits per heavy atom. The van der Waals surface area contributed by atoms with E-state index >= 15 is 0 Å². The third-order valence-corrected chi connectivity index (χ3v) is 6.50. The Morgan fingerprint density at radius 2 is 1.59 bits per heavy atom. The number of hydrogen-bond acceptors (Lipinski definition) is 3. The number of anilines is 1. The van der Waals surface area contributed by atoms with Gasteiger partial charge in [-0.25, -0.2) is 9.69 Å². The summed E-state index contributed by atoms with van der Waals surface area (Å²) in [7, 11) is 0. The van der Waals surface area contributed by atoms with E-state index in [4.69, 9.17) is 0 Å². The molecule has 4 amide bonds. The number of nitrogens with zero attached hydrogens (tertiary/aromatic N) is 2. The van der Waals surface area contributed by atoms with Gasteiger partial charge in [0.25, 0.3) is 11.8 Å². The lowest BCUT2D eigenvalue weighted by atomic mass is 10.1. The molecule has 1 saturated heterocycles. The van der Waals surface area contributed by atoms with Crippen LogP contribution in [0.4, 0.5) is 10.5 Å². The van der Waals surface area contributed by atoms with Crippen molar-refractivity contribution in [3.63, 3.8) is 0 Å². The minimum Gasteiger partial charge on any atom is -0.318 e. The van der Waals surface area contributed by atoms with Crippen LogP contribution in [0.1, 0.15) is 42.3 Å². The maximum absolute atomic E-state index is 13.2. The highest BCUT2D eigenvalue weighted by molar-refractivity contribution is 9.10. The molecule has 7 heteroatoms. The summed E-state index contributed by atoms with van der Waals surface area (Å²) in [5.41, 5.74) is 5.25. The lowest BCUT2D eigenvalue weighted by molar-refractivity contribution is -0.122. The standard InChI is InChI=1S/C27H26BrN3O3/c1-4-5-6-19-7-11-22(12-8-19)30-17(2)15-20(18(30)3)16-24-25(32)29-27(34)31(26(24)33)23-13-9-21(28)10-14-23/h7-16H,4-6H2,1-3H3,(H,29,32,34)/b24-16+. The molecule has 0 bridgehead atoms. The number of imide groups is 2. The number of amides is 4. The van der Waals surface area contributed by atoms with E-state index in [2.05, 4.69) is 57.0 Å². The van der Waals surface area contributed by atoms with Crippen LogP contribution in [0.3, 0.4) is 0 Å². The highest BCUT2D eigenvalue weighted by Crippen LogP contribution is 2.27. The normalized spacial score (nSPS) is 15.2. The van der Waals surface area contributed by atoms with Gasteiger partial charge in [-0.1, -0.05) is 41.4 Å². The number of hydrogen-bond donors (Lipinski definition) is 1. The van der Waals surface area contributed by atoms with Crippen LogP contribution in [0.25, 0.3) is 11.8 Å². The topological polar surface area (TPSA) is 71.4 Å². The lowest BCUT2D eigenvalue weighted by Crippen LogP contribution is -2.54. The van der Waals surface area contributed by atoms with Gasteiger partial charge < -0.3 is 4.57 Å². The van der Waals surface area contributed by atoms with E-state index in [1.165, 1.54) is 5.56 Å². The first kappa shape index (κ1) is 23.7. The van der Waals surface area contributed by atoms with E-state index < -0.39 is 17.8 Å². The molecule has 0 aliphatic carbocycles. The molecule has 4 rings (SSSR count). The van der Waals surface area contributed by atoms with E-state index in [1.54, 1.807) is 30.3 Å². The van der Waals surface area contributed by atoms with Crippen molar-refractivity contribution in [3.05, 3.63) is 87.2 Å². The average Bonchev–Trinajstić information content (AvgIpc) is 3.09. The number of rotatable bonds is 6. The zero-order chi connectivity index (χ0) is 24.4. The van der Waals surface area contributed by atoms with Crippen molar-refractivity contribution in [2.75, 3.05) is 4.90 Å². The SMILES string of the molecule is CCCCc1ccc(-n2c(C)cc(/C=C3\C(=O)NC(=O)N(c4ccc(Br)cc4)C3=O)c2C)cc1. The maximum atomic E-state index is 13.2. The van der Waals surface area contributed by atoms with Gasteiger partial charge in [-0.3, -0.25) is 14.9 Å². The van der Waals surface area contributed by atoms with Crippen LogP contribution in [-0.2, 0) is 16.0 Å². The van der Waals surface area contributed by atoms with Crippen LogP contribution in [0.5, 0.6) is 0 Å². The third kappa shape index (κ3) is 4.61. The molecule has 1 aliphatic rings. The molecule has 2 heterocycles. The fourth-order valence-electron chi connectivity index (χ4n) is 4.16. The monoisotopic (exact) mass is 519 g/mol. The van der Waals surface area contributed by atoms with E-state index in [9.17, 15) is 14.4 Å². The molecule has 0 atom stereocenters. The van der Waals surface area contributed by atoms with Gasteiger partial charge >= 0.3 is 6.03 Å². The van der Waals surface area contributed by atoms with Crippen LogP contribution in [0.2, 0.25) is 0 Å². The Hall–Kier alpha value is -3.45. The lowest BCUT2D eigenvalue weighted by Gasteiger charge is -2.26. The van der Waals surface area contributed by atoms with E-state index in [-0.39, 0.29) is 5.57 Å². The molecule has 1 fully saturated rings. The van der Waals surface area contributed by atoms with Crippen molar-refractivity contribution < 1.29 is 14.4 Å². The van der Waals surface area contributed by atoms with Crippen molar-refractivity contribution >= 4 is 45.5 Å². The van der Waals surface area contributed by atoms with Crippen molar-refractivity contribution in [2.45, 2.75) is 40.0 Å². The third-order valence-electron chi connectivity index (χ3n) is 5.97. The average molecular weight is 520 g/mol. The van der Waals surface area contributed by atoms with Crippen molar-refractivity contribution in [1.29, 1.82) is 0 Å². The quantitative estimate of drug-likeness (QED) is 0.327. The summed E-state index contributed by atoms with van der Waals surface area (Å²) in [6.45, 7) is 6.12. The highest BCUT2D eigenvalue weighted by atomic mass is 79.9. The number of urea groups is 1. The molecule has 0 radical (unpaired) electrons. The molecule has 0 unspecified atom stereocenters. The van der Waals surface area contributed by atoms with E-state index in [0.717, 1.165) is 51.3 Å². The number of benzene rings is 2. The van der Waals surface area contributed by atoms with E-state index in [1.807, 2.05) is 19.9 Å². The Labute approximate surface area is 207 Å². The minimum atomic E-state index is -0.761. The van der Waals surface area contributed by atoms with Crippen LogP contribution in [-0.4, -0.2) is 22.4 Å². The Bertz CT molecular complexity index is 1290. The number of nitrogens with one attached hydrogen (secondary N) is 1. The van der Waals surface area contributed by atoms with Gasteiger partial charge in [0, 0.05) is 21.5 Å². The van der Waals surface area contributed by atoms with Gasteiger partial charge in [0.1, 0.15) is 5.57 Å². The second kappa shape index (κ2) is 9.81. The summed E-state index contributed by atoms with van der Waals surface area (Å²) < 4.78 is 2.91. The predicted molar refractivity (Wildman–Crippen MR) is 137 cm³/mol. The number of barbiturate groups is 1. The molecule has 6 nitrogen and oxygen atoms in total. The highest BCUT2D eigenvalue weighted by Gasteiger charge is 2.37. The van der Waals surface area contributed by atoms with Gasteiger partial charge in [0.2, 0.25) is 0 Å². The maximum Gasteiger partial charge on any atom is 0.335 e. The van der Waals surface area contributed by atoms with Gasteiger partial charge in [0.05, 0.1) is 5.69 Å². The molecule has 0 saturated carbocycles. The smallest absolute Gasteiger partial charge is 0.318 e. The first-order valence-electron chi connectivity index (χ1n) is 11.3. The van der Waals surface area contributed by atoms with Crippen LogP contribution in [0.15, 0.2) is 64.6 Å². The molecule has 2 aromatic carbocycles. The van der Waals surface area contributed by atoms with Crippen molar-refractivity contribution in [2.24, 2.45) is 0 Å². The number of unbranched alkanes of at least 4 members (excludes halogenated alkanes) is 1. The summed E-state index contributed by atoms with van der Waals surface area (Å²) in [5.74, 6) is -1.35. The summed E-state index contributed by atoms with van der Waals surface area (Å²) in [4.78, 5) is 39.2. The molecule has 174 valence electrons. The van der Waals surface area contributed by atoms with E-state index in [0.29, 0.717) is 5.69 Å². The number of aryl methyl sites for hydroxylation is 2. The van der Waals surface area contributed by atoms with Gasteiger partial charge in [0.15, 0.2) is 0 Å². The predicted octanol–water partition coefficient (Wildman–Crippen LogP) is 5.87. The molecule has 1 N–H and O–H groups in total. The summed E-state index contributed by atoms with van der Waals surface area (Å²) >= 11 is 3.34. The number of carbonyl (C=O) groups is 3. The first-order chi connectivity index (χ1) is 16.3. The molecular weight excluding hydrogens is 494 g/mol. The van der Waals surface area contributed by atoms with Crippen molar-refractivity contribution in [1.82, 2.24) is 9.88 Å². The number of aromatic nitrogens is 1. The molecule has 1 aromatic heterocycles. The fraction of sp³-hybridized carbons (Fsp3) is 0.222. The Balaban J connectivity index is 1.68. The van der Waals surface area contributed by atoms with Crippen molar-refractivity contribution in [3.8, 4) is 5.69 Å². The molecule has 3 aromatic rings. The molecule has 1 aliphatic heterocycles. The first-order valence-corrected chi connectivity index (χ1v) is 12.0. The zero-order valence-corrected chi connectivity index (χ0v) is 21.0. The van der Waals surface area contributed by atoms with Crippen LogP contribution >= 0.6 is 15.9 Å². The second-order valence-corrected chi connectivity index (χ2v) is 9.28. The molecule has 34 heavy (non-hydrogen) atoms. The molecule has 0 spiro atoms. The largest absolute Gasteiger partial charge is 0.335 e. The van der Waals surface area contributed by atoms with Gasteiger partial charge in [-0.2, -0.15) is 0 Å². The number of carbonyl (C=O) groups excluding carboxylic acids is 3. The Kier molecular flexibility index (Phi) is 6.84. The summed E-state index contributed by atoms with van der Waals surface area (Å²) in [6, 6.07) is 16.4.